The molecule has 2 aromatic rings. The molecule has 2 aromatic heterocycles. The van der Waals surface area contributed by atoms with Gasteiger partial charge in [-0.3, -0.25) is 28.7 Å². The van der Waals surface area contributed by atoms with Crippen molar-refractivity contribution in [3.63, 3.8) is 0 Å². The van der Waals surface area contributed by atoms with Crippen molar-refractivity contribution >= 4 is 0 Å². The summed E-state index contributed by atoms with van der Waals surface area (Å²) < 4.78 is 42.0. The Morgan fingerprint density at radius 1 is 0.944 bits per heavy atom. The molecule has 4 aliphatic rings. The van der Waals surface area contributed by atoms with Crippen molar-refractivity contribution in [2.24, 2.45) is 5.41 Å². The third-order valence-corrected chi connectivity index (χ3v) is 7.93. The van der Waals surface area contributed by atoms with Gasteiger partial charge >= 0.3 is 11.4 Å². The Morgan fingerprint density at radius 2 is 1.44 bits per heavy atom. The summed E-state index contributed by atoms with van der Waals surface area (Å²) in [7, 11) is 0. The lowest BCUT2D eigenvalue weighted by molar-refractivity contribution is -0.0884. The first-order chi connectivity index (χ1) is 16.8. The summed E-state index contributed by atoms with van der Waals surface area (Å²) in [5.74, 6) is 0. The average Bonchev–Trinajstić information content (AvgIpc) is 3.52. The van der Waals surface area contributed by atoms with E-state index in [-0.39, 0.29) is 12.5 Å². The van der Waals surface area contributed by atoms with Gasteiger partial charge in [0, 0.05) is 36.4 Å². The molecule has 2 saturated carbocycles. The van der Waals surface area contributed by atoms with Crippen LogP contribution in [0.15, 0.2) is 43.7 Å². The van der Waals surface area contributed by atoms with E-state index in [4.69, 9.17) is 14.6 Å². The summed E-state index contributed by atoms with van der Waals surface area (Å²) in [6.07, 6.45) is -0.249. The van der Waals surface area contributed by atoms with Gasteiger partial charge in [-0.1, -0.05) is 13.8 Å². The van der Waals surface area contributed by atoms with E-state index in [9.17, 15) is 33.1 Å². The minimum Gasteiger partial charge on any atom is -0.394 e. The lowest BCUT2D eigenvalue weighted by atomic mass is 9.98. The molecule has 4 N–H and O–H groups in total. The summed E-state index contributed by atoms with van der Waals surface area (Å²) in [6, 6.07) is 2.26. The second-order valence-electron chi connectivity index (χ2n) is 10.0. The topological polar surface area (TPSA) is 169 Å². The molecule has 12 nitrogen and oxygen atoms in total. The number of halogens is 2. The van der Waals surface area contributed by atoms with E-state index in [2.05, 4.69) is 4.98 Å². The van der Waals surface area contributed by atoms with Crippen LogP contribution in [0.4, 0.5) is 8.78 Å². The number of H-pyrrole nitrogens is 2. The molecule has 14 heteroatoms. The van der Waals surface area contributed by atoms with Crippen LogP contribution in [0, 0.1) is 5.41 Å². The van der Waals surface area contributed by atoms with Crippen LogP contribution in [0.5, 0.6) is 0 Å². The van der Waals surface area contributed by atoms with E-state index < -0.39 is 70.0 Å². The third kappa shape index (κ3) is 3.24. The van der Waals surface area contributed by atoms with E-state index >= 15 is 0 Å². The minimum atomic E-state index is -2.11. The standard InChI is InChI=1S/C12H15FN2O3.C10H11FN2O5/c1-3-7-11(2)6-12(11,13)9(18-7)15-5-4-8(16)14-10(15)17;11-9-4-10(9,17)5(3-14)18-7(9)13-2-1-6(15)12-8(13)16/h4-5,7,9H,3,6H2,1-2H3,(H,14,16,17);1-2,5,7,14,17H,3-4H2,(H,12,15,16)/t7-,9?,11-,12+;5-,7?,9+,10+/m11/s1. The predicted molar refractivity (Wildman–Crippen MR) is 118 cm³/mol. The largest absolute Gasteiger partial charge is 0.394 e. The van der Waals surface area contributed by atoms with Gasteiger partial charge in [-0.05, 0) is 12.8 Å². The van der Waals surface area contributed by atoms with Crippen molar-refractivity contribution in [2.45, 2.75) is 74.7 Å². The van der Waals surface area contributed by atoms with Crippen LogP contribution in [0.3, 0.4) is 0 Å². The van der Waals surface area contributed by atoms with Crippen molar-refractivity contribution in [3.8, 4) is 0 Å². The molecule has 2 saturated heterocycles. The van der Waals surface area contributed by atoms with Gasteiger partial charge in [0.05, 0.1) is 12.7 Å². The SMILES string of the molecule is CC[C@H]1OC(n2ccc(=O)[nH]c2=O)[C@@]2(F)C[C@]12C.O=c1ccn(C2O[C@H](CO)[C@@]3(O)C[C@]23F)c(=O)[nH]1. The average molecular weight is 512 g/mol. The van der Waals surface area contributed by atoms with Gasteiger partial charge in [0.2, 0.25) is 0 Å². The van der Waals surface area contributed by atoms with Gasteiger partial charge < -0.3 is 19.7 Å². The number of rotatable bonds is 4. The molecule has 0 amide bonds. The van der Waals surface area contributed by atoms with Crippen LogP contribution in [-0.4, -0.2) is 65.1 Å². The Hall–Kier alpha value is -2.94. The van der Waals surface area contributed by atoms with Crippen molar-refractivity contribution in [2.75, 3.05) is 6.61 Å². The molecule has 196 valence electrons. The normalized spacial score (nSPS) is 41.7. The number of nitrogens with one attached hydrogen (secondary N) is 2. The monoisotopic (exact) mass is 512 g/mol. The number of aromatic nitrogens is 4. The summed E-state index contributed by atoms with van der Waals surface area (Å²) in [5, 5.41) is 18.9. The lowest BCUT2D eigenvalue weighted by Gasteiger charge is -2.20. The predicted octanol–water partition coefficient (Wildman–Crippen LogP) is -0.768. The molecule has 0 aromatic carbocycles. The molecule has 2 aliphatic heterocycles. The highest BCUT2D eigenvalue weighted by atomic mass is 19.2. The molecular weight excluding hydrogens is 486 g/mol. The number of hydrogen-bond donors (Lipinski definition) is 4. The Balaban J connectivity index is 0.000000148. The maximum absolute atomic E-state index is 14.8. The number of aromatic amines is 2. The van der Waals surface area contributed by atoms with Gasteiger partial charge in [0.1, 0.15) is 11.7 Å². The highest BCUT2D eigenvalue weighted by molar-refractivity contribution is 5.28. The first-order valence-corrected chi connectivity index (χ1v) is 11.5. The number of aliphatic hydroxyl groups is 2. The van der Waals surface area contributed by atoms with Gasteiger partial charge in [0.25, 0.3) is 11.1 Å². The molecule has 36 heavy (non-hydrogen) atoms. The van der Waals surface area contributed by atoms with Gasteiger partial charge in [-0.15, -0.1) is 0 Å². The minimum absolute atomic E-state index is 0.189. The molecule has 0 bridgehead atoms. The van der Waals surface area contributed by atoms with Crippen LogP contribution in [0.1, 0.15) is 45.6 Å². The fourth-order valence-corrected chi connectivity index (χ4v) is 5.60. The van der Waals surface area contributed by atoms with Gasteiger partial charge in [0.15, 0.2) is 23.8 Å². The zero-order chi connectivity index (χ0) is 26.3. The first-order valence-electron chi connectivity index (χ1n) is 11.5. The van der Waals surface area contributed by atoms with Crippen LogP contribution in [-0.2, 0) is 9.47 Å². The van der Waals surface area contributed by atoms with Crippen LogP contribution in [0.2, 0.25) is 0 Å². The molecule has 8 atom stereocenters. The molecule has 6 rings (SSSR count). The number of ether oxygens (including phenoxy) is 2. The van der Waals surface area contributed by atoms with Gasteiger partial charge in [-0.25, -0.2) is 18.4 Å². The summed E-state index contributed by atoms with van der Waals surface area (Å²) in [6.45, 7) is 3.24. The van der Waals surface area contributed by atoms with Crippen molar-refractivity contribution in [1.29, 1.82) is 0 Å². The number of fused-ring (bicyclic) bond motifs is 2. The van der Waals surface area contributed by atoms with Crippen LogP contribution < -0.4 is 22.5 Å². The molecule has 2 unspecified atom stereocenters. The number of nitrogens with zero attached hydrogens (tertiary/aromatic N) is 2. The smallest absolute Gasteiger partial charge is 0.330 e. The van der Waals surface area contributed by atoms with Crippen LogP contribution in [0.25, 0.3) is 0 Å². The maximum atomic E-state index is 14.8. The van der Waals surface area contributed by atoms with E-state index in [1.54, 1.807) is 0 Å². The highest BCUT2D eigenvalue weighted by Gasteiger charge is 2.82. The molecule has 0 spiro atoms. The Kier molecular flexibility index (Phi) is 5.35. The van der Waals surface area contributed by atoms with E-state index in [1.807, 2.05) is 18.8 Å². The quantitative estimate of drug-likeness (QED) is 0.414. The summed E-state index contributed by atoms with van der Waals surface area (Å²) >= 11 is 0. The third-order valence-electron chi connectivity index (χ3n) is 7.93. The molecule has 0 radical (unpaired) electrons. The van der Waals surface area contributed by atoms with Crippen molar-refractivity contribution in [1.82, 2.24) is 19.1 Å². The van der Waals surface area contributed by atoms with Gasteiger partial charge in [-0.2, -0.15) is 0 Å². The number of aliphatic hydroxyl groups excluding tert-OH is 1. The fourth-order valence-electron chi connectivity index (χ4n) is 5.60. The molecule has 4 heterocycles. The fraction of sp³-hybridized carbons (Fsp3) is 0.636. The Bertz CT molecular complexity index is 1330. The zero-order valence-corrected chi connectivity index (χ0v) is 19.4. The second kappa shape index (κ2) is 7.78. The van der Waals surface area contributed by atoms with Crippen LogP contribution >= 0.6 is 0 Å². The van der Waals surface area contributed by atoms with E-state index in [1.165, 1.54) is 12.3 Å². The first kappa shape index (κ1) is 24.7. The molecule has 2 aliphatic carbocycles. The van der Waals surface area contributed by atoms with E-state index in [0.717, 1.165) is 21.4 Å². The van der Waals surface area contributed by atoms with E-state index in [0.29, 0.717) is 12.8 Å². The maximum Gasteiger partial charge on any atom is 0.330 e. The number of alkyl halides is 2. The summed E-state index contributed by atoms with van der Waals surface area (Å²) in [5.41, 5.74) is -8.44. The molecule has 4 fully saturated rings. The Labute approximate surface area is 201 Å². The zero-order valence-electron chi connectivity index (χ0n) is 19.4. The second-order valence-corrected chi connectivity index (χ2v) is 10.0. The highest BCUT2D eigenvalue weighted by Crippen LogP contribution is 2.72. The molecular formula is C22H26F2N4O8. The Morgan fingerprint density at radius 3 is 1.86 bits per heavy atom. The van der Waals surface area contributed by atoms with Crippen molar-refractivity contribution in [3.05, 3.63) is 66.2 Å². The number of hydrogen-bond acceptors (Lipinski definition) is 8. The van der Waals surface area contributed by atoms with Crippen molar-refractivity contribution < 1.29 is 28.5 Å². The lowest BCUT2D eigenvalue weighted by Crippen LogP contribution is -2.36. The summed E-state index contributed by atoms with van der Waals surface area (Å²) in [4.78, 5) is 49.3.